The number of terminal acetylenes is 1. The van der Waals surface area contributed by atoms with Crippen LogP contribution in [0.5, 0.6) is 0 Å². The van der Waals surface area contributed by atoms with Crippen molar-refractivity contribution in [3.05, 3.63) is 5.53 Å². The molecule has 0 N–H and O–H groups in total. The highest BCUT2D eigenvalue weighted by Gasteiger charge is 2.13. The third kappa shape index (κ3) is 11.7. The van der Waals surface area contributed by atoms with Crippen LogP contribution in [0, 0.1) is 53.3 Å². The van der Waals surface area contributed by atoms with E-state index in [2.05, 4.69) is 51.8 Å². The lowest BCUT2D eigenvalue weighted by molar-refractivity contribution is -0.00000405. The van der Waals surface area contributed by atoms with Crippen molar-refractivity contribution in [3.8, 4) is 47.9 Å². The van der Waals surface area contributed by atoms with E-state index in [-0.39, 0.29) is 23.8 Å². The van der Waals surface area contributed by atoms with Crippen LogP contribution in [0.4, 0.5) is 0 Å². The fraction of sp³-hybridized carbons (Fsp3) is 0.308. The van der Waals surface area contributed by atoms with Crippen LogP contribution < -0.4 is 12.4 Å². The molecular formula is C13H26ClN3O-2. The number of hydrogen-bond acceptors (Lipinski definition) is 2. The van der Waals surface area contributed by atoms with Crippen LogP contribution in [0.3, 0.4) is 0 Å². The second kappa shape index (κ2) is 11.1. The summed E-state index contributed by atoms with van der Waals surface area (Å²) in [6, 6.07) is 0. The van der Waals surface area contributed by atoms with Crippen molar-refractivity contribution in [1.29, 1.82) is 0 Å². The first-order valence-electron chi connectivity index (χ1n) is 4.57. The number of nitrogens with zero attached hydrogens (tertiary/aromatic N) is 3. The summed E-state index contributed by atoms with van der Waals surface area (Å²) >= 11 is 0. The Morgan fingerprint density at radius 3 is 2.50 bits per heavy atom. The zero-order valence-electron chi connectivity index (χ0n) is 9.99. The molecule has 0 rings (SSSR count). The molecule has 0 aliphatic rings. The lowest BCUT2D eigenvalue weighted by Crippen LogP contribution is -3.00. The van der Waals surface area contributed by atoms with E-state index in [1.807, 2.05) is 13.8 Å². The van der Waals surface area contributed by atoms with E-state index in [1.165, 1.54) is 0 Å². The molecule has 0 unspecified atom stereocenters. The Labute approximate surface area is 125 Å². The van der Waals surface area contributed by atoms with Crippen LogP contribution in [0.15, 0.2) is 10.3 Å². The summed E-state index contributed by atoms with van der Waals surface area (Å²) in [5.74, 6) is 17.5. The first kappa shape index (κ1) is 18.0. The van der Waals surface area contributed by atoms with E-state index in [9.17, 15) is 0 Å². The van der Waals surface area contributed by atoms with Gasteiger partial charge >= 0.3 is 0 Å². The molecule has 0 aromatic heterocycles. The molecule has 0 bridgehead atoms. The third-order valence-electron chi connectivity index (χ3n) is 1.34. The molecule has 0 aromatic rings. The molecule has 0 saturated carbocycles. The fourth-order valence-corrected chi connectivity index (χ4v) is 0.666. The lowest BCUT2D eigenvalue weighted by Gasteiger charge is -2.16. The summed E-state index contributed by atoms with van der Waals surface area (Å²) in [6.07, 6.45) is 5.95. The maximum absolute atomic E-state index is 8.01. The van der Waals surface area contributed by atoms with Crippen molar-refractivity contribution in [2.75, 3.05) is 6.61 Å². The highest BCUT2D eigenvalue weighted by Crippen LogP contribution is 2.12. The van der Waals surface area contributed by atoms with Gasteiger partial charge in [0.2, 0.25) is 0 Å². The van der Waals surface area contributed by atoms with Crippen LogP contribution >= 0.6 is 0 Å². The van der Waals surface area contributed by atoms with Crippen LogP contribution in [-0.4, -0.2) is 13.0 Å². The third-order valence-corrected chi connectivity index (χ3v) is 1.34. The summed E-state index contributed by atoms with van der Waals surface area (Å²) < 4.78 is 4.98. The van der Waals surface area contributed by atoms with Crippen molar-refractivity contribution < 1.29 is 28.6 Å². The van der Waals surface area contributed by atoms with Crippen molar-refractivity contribution in [1.82, 2.24) is 0 Å². The van der Waals surface area contributed by atoms with Gasteiger partial charge in [-0.3, -0.25) is 5.22 Å². The van der Waals surface area contributed by atoms with E-state index < -0.39 is 5.41 Å². The molecule has 0 amide bonds. The second-order valence-electron chi connectivity index (χ2n) is 3.40. The fourth-order valence-electron chi connectivity index (χ4n) is 0.666. The first-order chi connectivity index (χ1) is 8.12. The van der Waals surface area contributed by atoms with E-state index in [4.69, 9.17) is 16.7 Å². The van der Waals surface area contributed by atoms with Crippen LogP contribution in [0.25, 0.3) is 5.53 Å². The van der Waals surface area contributed by atoms with Crippen LogP contribution in [0.2, 0.25) is 0 Å². The molecule has 0 aliphatic heterocycles. The van der Waals surface area contributed by atoms with E-state index in [0.717, 1.165) is 6.40 Å². The summed E-state index contributed by atoms with van der Waals surface area (Å²) in [5.41, 5.74) is 7.62. The molecule has 4 nitrogen and oxygen atoms in total. The average Bonchev–Trinajstić information content (AvgIpc) is 2.29. The topological polar surface area (TPSA) is 56.2 Å². The Hall–Kier alpha value is -2.40. The maximum Gasteiger partial charge on any atom is 0.103 e. The average molecular weight is 276 g/mol. The Morgan fingerprint density at radius 1 is 1.28 bits per heavy atom. The molecule has 108 valence electrons. The Bertz CT molecular complexity index is 533. The summed E-state index contributed by atoms with van der Waals surface area (Å²) in [4.78, 5) is 0. The van der Waals surface area contributed by atoms with E-state index in [0.29, 0.717) is 6.61 Å². The standard InChI is InChI=1S/C13H10N3O.ClH.8H2/c1-4-5-6-7-8-9-10-13(2,3)11-17-12-15-16-14;;;;;;;;;/h1,12H,11H2,2-3H3;9*1H/q-1;;;;;;;;;/p-1/b15-12+;;;;;;;;;. The molecule has 0 spiro atoms. The molecular weight excluding hydrogens is 250 g/mol. The Morgan fingerprint density at radius 2 is 1.89 bits per heavy atom. The number of ether oxygens (including phenoxy) is 1. The van der Waals surface area contributed by atoms with Gasteiger partial charge in [0.15, 0.2) is 0 Å². The molecule has 0 heterocycles. The van der Waals surface area contributed by atoms with Gasteiger partial charge in [-0.25, -0.2) is 0 Å². The molecule has 5 heteroatoms. The lowest BCUT2D eigenvalue weighted by atomic mass is 9.96. The molecule has 0 aliphatic carbocycles. The quantitative estimate of drug-likeness (QED) is 0.244. The van der Waals surface area contributed by atoms with Gasteiger partial charge in [0, 0.05) is 11.4 Å². The van der Waals surface area contributed by atoms with Crippen molar-refractivity contribution >= 4 is 6.40 Å². The smallest absolute Gasteiger partial charge is 0.103 e. The number of hydrogen-bond donors (Lipinski definition) is 0. The van der Waals surface area contributed by atoms with Gasteiger partial charge in [0.25, 0.3) is 0 Å². The SMILES string of the molecule is C#CC#CC#CC#CC(C)(C)CO/C=N/N=[N-].[Cl-].[HH].[HH].[HH].[HH].[HH].[HH].[HH].[HH]. The molecule has 0 fully saturated rings. The minimum absolute atomic E-state index is 0. The largest absolute Gasteiger partial charge is 1.00 e. The monoisotopic (exact) mass is 275 g/mol. The molecule has 0 radical (unpaired) electrons. The highest BCUT2D eigenvalue weighted by molar-refractivity contribution is 5.46. The van der Waals surface area contributed by atoms with Gasteiger partial charge in [-0.15, -0.1) is 6.42 Å². The molecule has 0 saturated heterocycles. The predicted octanol–water partition coefficient (Wildman–Crippen LogP) is 0.610. The normalized spacial score (nSPS) is 8.06. The van der Waals surface area contributed by atoms with Crippen LogP contribution in [-0.2, 0) is 4.74 Å². The van der Waals surface area contributed by atoms with Gasteiger partial charge in [-0.2, -0.15) is 0 Å². The zero-order chi connectivity index (χ0) is 13.0. The van der Waals surface area contributed by atoms with Crippen LogP contribution in [0.1, 0.15) is 25.3 Å². The molecule has 18 heavy (non-hydrogen) atoms. The van der Waals surface area contributed by atoms with Crippen molar-refractivity contribution in [2.45, 2.75) is 13.8 Å². The Balaban J connectivity index is -0.0000000356. The second-order valence-corrected chi connectivity index (χ2v) is 3.40. The van der Waals surface area contributed by atoms with Crippen molar-refractivity contribution in [2.24, 2.45) is 15.7 Å². The first-order valence-corrected chi connectivity index (χ1v) is 4.57. The summed E-state index contributed by atoms with van der Waals surface area (Å²) in [5, 5.41) is 5.64. The number of rotatable bonds is 4. The Kier molecular flexibility index (Phi) is 11.1. The van der Waals surface area contributed by atoms with E-state index >= 15 is 0 Å². The highest BCUT2D eigenvalue weighted by atomic mass is 35.5. The maximum atomic E-state index is 8.01. The minimum Gasteiger partial charge on any atom is -1.00 e. The number of halogens is 1. The molecule has 0 atom stereocenters. The molecule has 0 aromatic carbocycles. The van der Waals surface area contributed by atoms with Gasteiger partial charge in [-0.05, 0) is 49.4 Å². The summed E-state index contributed by atoms with van der Waals surface area (Å²) in [6.45, 7) is 4.05. The van der Waals surface area contributed by atoms with Gasteiger partial charge in [0.05, 0.1) is 11.8 Å². The van der Waals surface area contributed by atoms with Gasteiger partial charge in [0.1, 0.15) is 6.61 Å². The van der Waals surface area contributed by atoms with E-state index in [1.54, 1.807) is 0 Å². The minimum atomic E-state index is -0.393. The van der Waals surface area contributed by atoms with Gasteiger partial charge < -0.3 is 27.8 Å². The van der Waals surface area contributed by atoms with Gasteiger partial charge in [-0.1, -0.05) is 5.92 Å². The van der Waals surface area contributed by atoms with Crippen molar-refractivity contribution in [3.63, 3.8) is 0 Å². The summed E-state index contributed by atoms with van der Waals surface area (Å²) in [7, 11) is 0. The predicted molar refractivity (Wildman–Crippen MR) is 83.1 cm³/mol. The zero-order valence-corrected chi connectivity index (χ0v) is 10.7.